The number of Topliss-reactive ketones (excluding diaryl/α,β-unsaturated/α-hetero) is 1. The average Bonchev–Trinajstić information content (AvgIpc) is 3.17. The predicted molar refractivity (Wildman–Crippen MR) is 79.1 cm³/mol. The van der Waals surface area contributed by atoms with E-state index >= 15 is 0 Å². The first kappa shape index (κ1) is 13.3. The largest absolute Gasteiger partial charge is 0.298 e. The van der Waals surface area contributed by atoms with Gasteiger partial charge in [0, 0.05) is 37.1 Å². The van der Waals surface area contributed by atoms with Crippen molar-refractivity contribution in [3.63, 3.8) is 0 Å². The summed E-state index contributed by atoms with van der Waals surface area (Å²) < 4.78 is 0. The molecule has 0 bridgehead atoms. The molecule has 0 radical (unpaired) electrons. The van der Waals surface area contributed by atoms with E-state index in [1.165, 1.54) is 17.7 Å². The summed E-state index contributed by atoms with van der Waals surface area (Å²) in [5.41, 5.74) is 0. The van der Waals surface area contributed by atoms with E-state index in [1.54, 1.807) is 11.3 Å². The molecule has 3 nitrogen and oxygen atoms in total. The van der Waals surface area contributed by atoms with Crippen molar-refractivity contribution in [2.75, 3.05) is 32.7 Å². The molecule has 2 fully saturated rings. The number of hydrogen-bond donors (Lipinski definition) is 0. The van der Waals surface area contributed by atoms with Gasteiger partial charge in [0.1, 0.15) is 0 Å². The van der Waals surface area contributed by atoms with Crippen LogP contribution in [0.2, 0.25) is 0 Å². The third-order valence-electron chi connectivity index (χ3n) is 4.12. The van der Waals surface area contributed by atoms with Crippen molar-refractivity contribution >= 4 is 17.1 Å². The van der Waals surface area contributed by atoms with Gasteiger partial charge in [-0.25, -0.2) is 0 Å². The minimum atomic E-state index is 0.296. The molecule has 1 saturated carbocycles. The van der Waals surface area contributed by atoms with Crippen molar-refractivity contribution in [2.45, 2.75) is 32.2 Å². The van der Waals surface area contributed by atoms with E-state index in [-0.39, 0.29) is 0 Å². The maximum absolute atomic E-state index is 12.2. The Morgan fingerprint density at radius 2 is 2.00 bits per heavy atom. The number of ketones is 1. The molecule has 0 spiro atoms. The lowest BCUT2D eigenvalue weighted by Gasteiger charge is -2.34. The lowest BCUT2D eigenvalue weighted by Crippen LogP contribution is -2.48. The van der Waals surface area contributed by atoms with E-state index in [1.807, 2.05) is 6.07 Å². The molecule has 19 heavy (non-hydrogen) atoms. The molecule has 1 aromatic heterocycles. The zero-order valence-electron chi connectivity index (χ0n) is 11.6. The van der Waals surface area contributed by atoms with Crippen molar-refractivity contribution in [1.29, 1.82) is 0 Å². The summed E-state index contributed by atoms with van der Waals surface area (Å²) in [4.78, 5) is 19.4. The maximum Gasteiger partial charge on any atom is 0.186 e. The molecule has 0 unspecified atom stereocenters. The number of rotatable bonds is 5. The number of piperazine rings is 1. The molecule has 0 amide bonds. The van der Waals surface area contributed by atoms with Crippen LogP contribution in [0.15, 0.2) is 12.1 Å². The second kappa shape index (κ2) is 5.73. The first-order chi connectivity index (χ1) is 9.26. The molecule has 1 aromatic rings. The van der Waals surface area contributed by atoms with Crippen LogP contribution in [0.25, 0.3) is 0 Å². The zero-order chi connectivity index (χ0) is 13.2. The Balaban J connectivity index is 1.49. The molecule has 1 aliphatic carbocycles. The molecule has 104 valence electrons. The maximum atomic E-state index is 12.2. The molecule has 1 aliphatic heterocycles. The summed E-state index contributed by atoms with van der Waals surface area (Å²) in [6, 6.07) is 4.94. The summed E-state index contributed by atoms with van der Waals surface area (Å²) >= 11 is 1.66. The quantitative estimate of drug-likeness (QED) is 0.772. The molecular formula is C15H22N2OS. The van der Waals surface area contributed by atoms with Gasteiger partial charge in [0.15, 0.2) is 5.78 Å². The first-order valence-corrected chi connectivity index (χ1v) is 8.16. The van der Waals surface area contributed by atoms with Crippen molar-refractivity contribution in [3.8, 4) is 0 Å². The van der Waals surface area contributed by atoms with Crippen LogP contribution in [0.5, 0.6) is 0 Å². The molecule has 0 N–H and O–H groups in total. The van der Waals surface area contributed by atoms with Crippen LogP contribution in [0, 0.1) is 0 Å². The van der Waals surface area contributed by atoms with Gasteiger partial charge in [0.25, 0.3) is 0 Å². The zero-order valence-corrected chi connectivity index (χ0v) is 12.4. The summed E-state index contributed by atoms with van der Waals surface area (Å²) in [5, 5.41) is 0. The third kappa shape index (κ3) is 3.25. The number of nitrogens with zero attached hydrogens (tertiary/aromatic N) is 2. The Hall–Kier alpha value is -0.710. The second-order valence-electron chi connectivity index (χ2n) is 5.59. The minimum Gasteiger partial charge on any atom is -0.298 e. The number of hydrogen-bond acceptors (Lipinski definition) is 4. The predicted octanol–water partition coefficient (Wildman–Crippen LogP) is 2.27. The highest BCUT2D eigenvalue weighted by atomic mass is 32.1. The average molecular weight is 278 g/mol. The Morgan fingerprint density at radius 1 is 1.26 bits per heavy atom. The number of carbonyl (C=O) groups excluding carboxylic acids is 1. The number of thiophene rings is 1. The Kier molecular flexibility index (Phi) is 4.01. The van der Waals surface area contributed by atoms with Gasteiger partial charge in [-0.05, 0) is 31.4 Å². The lowest BCUT2D eigenvalue weighted by atomic mass is 10.2. The second-order valence-corrected chi connectivity index (χ2v) is 6.75. The van der Waals surface area contributed by atoms with E-state index in [2.05, 4.69) is 22.8 Å². The SMILES string of the molecule is CCc1ccc(C(=O)CN2CCN(C3CC3)CC2)s1. The molecule has 2 aliphatic rings. The molecule has 0 atom stereocenters. The Morgan fingerprint density at radius 3 is 2.58 bits per heavy atom. The normalized spacial score (nSPS) is 21.7. The standard InChI is InChI=1S/C15H22N2OS/c1-2-13-5-6-15(19-13)14(18)11-16-7-9-17(10-8-16)12-3-4-12/h5-6,12H,2-4,7-11H2,1H3. The summed E-state index contributed by atoms with van der Waals surface area (Å²) in [7, 11) is 0. The highest BCUT2D eigenvalue weighted by molar-refractivity contribution is 7.14. The van der Waals surface area contributed by atoms with Crippen LogP contribution in [-0.2, 0) is 6.42 Å². The summed E-state index contributed by atoms with van der Waals surface area (Å²) in [6.07, 6.45) is 3.79. The van der Waals surface area contributed by atoms with E-state index in [0.717, 1.165) is 43.5 Å². The monoisotopic (exact) mass is 278 g/mol. The van der Waals surface area contributed by atoms with Gasteiger partial charge in [-0.15, -0.1) is 11.3 Å². The van der Waals surface area contributed by atoms with Gasteiger partial charge >= 0.3 is 0 Å². The van der Waals surface area contributed by atoms with Crippen LogP contribution < -0.4 is 0 Å². The van der Waals surface area contributed by atoms with Crippen molar-refractivity contribution in [2.24, 2.45) is 0 Å². The van der Waals surface area contributed by atoms with E-state index < -0.39 is 0 Å². The smallest absolute Gasteiger partial charge is 0.186 e. The fourth-order valence-corrected chi connectivity index (χ4v) is 3.60. The van der Waals surface area contributed by atoms with Gasteiger partial charge in [-0.3, -0.25) is 14.6 Å². The van der Waals surface area contributed by atoms with Crippen molar-refractivity contribution in [3.05, 3.63) is 21.9 Å². The number of aryl methyl sites for hydroxylation is 1. The highest BCUT2D eigenvalue weighted by Crippen LogP contribution is 2.27. The topological polar surface area (TPSA) is 23.6 Å². The first-order valence-electron chi connectivity index (χ1n) is 7.34. The molecule has 1 saturated heterocycles. The van der Waals surface area contributed by atoms with Crippen molar-refractivity contribution < 1.29 is 4.79 Å². The van der Waals surface area contributed by atoms with Gasteiger partial charge in [-0.2, -0.15) is 0 Å². The van der Waals surface area contributed by atoms with Crippen LogP contribution >= 0.6 is 11.3 Å². The Bertz CT molecular complexity index is 445. The Labute approximate surface area is 119 Å². The minimum absolute atomic E-state index is 0.296. The van der Waals surface area contributed by atoms with E-state index in [4.69, 9.17) is 0 Å². The van der Waals surface area contributed by atoms with Crippen LogP contribution in [0.1, 0.15) is 34.3 Å². The molecule has 0 aromatic carbocycles. The van der Waals surface area contributed by atoms with Gasteiger partial charge in [0.05, 0.1) is 11.4 Å². The van der Waals surface area contributed by atoms with Crippen LogP contribution in [-0.4, -0.2) is 54.3 Å². The van der Waals surface area contributed by atoms with E-state index in [9.17, 15) is 4.79 Å². The lowest BCUT2D eigenvalue weighted by molar-refractivity contribution is 0.0847. The summed E-state index contributed by atoms with van der Waals surface area (Å²) in [6.45, 7) is 7.12. The highest BCUT2D eigenvalue weighted by Gasteiger charge is 2.31. The fourth-order valence-electron chi connectivity index (χ4n) is 2.73. The van der Waals surface area contributed by atoms with Gasteiger partial charge in [-0.1, -0.05) is 6.92 Å². The summed E-state index contributed by atoms with van der Waals surface area (Å²) in [5.74, 6) is 0.296. The fraction of sp³-hybridized carbons (Fsp3) is 0.667. The van der Waals surface area contributed by atoms with Crippen molar-refractivity contribution in [1.82, 2.24) is 9.80 Å². The van der Waals surface area contributed by atoms with Crippen LogP contribution in [0.4, 0.5) is 0 Å². The third-order valence-corrected chi connectivity index (χ3v) is 5.39. The van der Waals surface area contributed by atoms with Gasteiger partial charge < -0.3 is 0 Å². The molecular weight excluding hydrogens is 256 g/mol. The van der Waals surface area contributed by atoms with Gasteiger partial charge in [0.2, 0.25) is 0 Å². The molecule has 3 rings (SSSR count). The molecule has 2 heterocycles. The number of carbonyl (C=O) groups is 1. The molecule has 4 heteroatoms. The van der Waals surface area contributed by atoms with Crippen LogP contribution in [0.3, 0.4) is 0 Å². The van der Waals surface area contributed by atoms with E-state index in [0.29, 0.717) is 12.3 Å².